The van der Waals surface area contributed by atoms with Crippen LogP contribution in [0.1, 0.15) is 22.8 Å². The van der Waals surface area contributed by atoms with Crippen LogP contribution in [0.2, 0.25) is 10.0 Å². The van der Waals surface area contributed by atoms with Gasteiger partial charge in [0.05, 0.1) is 6.54 Å². The van der Waals surface area contributed by atoms with Gasteiger partial charge in [0.2, 0.25) is 5.91 Å². The minimum atomic E-state index is -0.0803. The van der Waals surface area contributed by atoms with Gasteiger partial charge in [-0.05, 0) is 31.2 Å². The molecular formula is C21H23Cl2N3O2. The first-order chi connectivity index (χ1) is 13.4. The zero-order valence-corrected chi connectivity index (χ0v) is 17.3. The Labute approximate surface area is 175 Å². The number of carbonyl (C=O) groups is 2. The van der Waals surface area contributed by atoms with E-state index in [0.29, 0.717) is 34.4 Å². The Morgan fingerprint density at radius 3 is 2.21 bits per heavy atom. The highest BCUT2D eigenvalue weighted by Crippen LogP contribution is 2.26. The molecule has 0 unspecified atom stereocenters. The number of hydrogen-bond donors (Lipinski definition) is 1. The van der Waals surface area contributed by atoms with Crippen LogP contribution >= 0.6 is 23.2 Å². The number of piperazine rings is 1. The highest BCUT2D eigenvalue weighted by molar-refractivity contribution is 6.35. The normalized spacial score (nSPS) is 15.4. The number of rotatable bonds is 6. The topological polar surface area (TPSA) is 52.7 Å². The summed E-state index contributed by atoms with van der Waals surface area (Å²) >= 11 is 12.5. The molecule has 0 saturated carbocycles. The van der Waals surface area contributed by atoms with Gasteiger partial charge in [0, 0.05) is 59.6 Å². The van der Waals surface area contributed by atoms with Crippen molar-refractivity contribution in [1.82, 2.24) is 9.80 Å². The average molecular weight is 420 g/mol. The Morgan fingerprint density at radius 1 is 0.964 bits per heavy atom. The predicted molar refractivity (Wildman–Crippen MR) is 113 cm³/mol. The fourth-order valence-electron chi connectivity index (χ4n) is 3.23. The van der Waals surface area contributed by atoms with Crippen LogP contribution in [0.15, 0.2) is 42.5 Å². The number of anilines is 1. The van der Waals surface area contributed by atoms with Gasteiger partial charge in [0.15, 0.2) is 5.78 Å². The first kappa shape index (κ1) is 20.8. The Balaban J connectivity index is 1.48. The standard InChI is InChI=1S/C21H23Cl2N3O2/c1-15(27)16-4-2-5-17(12-16)24-21(28)14-26-10-8-25(9-11-26)13-18-19(22)6-3-7-20(18)23/h2-7,12H,8-11,13-14H2,1H3,(H,24,28). The summed E-state index contributed by atoms with van der Waals surface area (Å²) < 4.78 is 0. The number of hydrogen-bond acceptors (Lipinski definition) is 4. The van der Waals surface area contributed by atoms with Gasteiger partial charge in [-0.15, -0.1) is 0 Å². The number of amides is 1. The van der Waals surface area contributed by atoms with Crippen molar-refractivity contribution in [3.05, 3.63) is 63.6 Å². The minimum absolute atomic E-state index is 0.0224. The molecule has 1 heterocycles. The van der Waals surface area contributed by atoms with E-state index in [9.17, 15) is 9.59 Å². The van der Waals surface area contributed by atoms with Gasteiger partial charge in [-0.3, -0.25) is 19.4 Å². The first-order valence-electron chi connectivity index (χ1n) is 9.21. The van der Waals surface area contributed by atoms with Gasteiger partial charge in [-0.2, -0.15) is 0 Å². The third-order valence-corrected chi connectivity index (χ3v) is 5.54. The predicted octanol–water partition coefficient (Wildman–Crippen LogP) is 3.95. The van der Waals surface area contributed by atoms with E-state index in [1.807, 2.05) is 18.2 Å². The molecule has 1 N–H and O–H groups in total. The molecule has 0 bridgehead atoms. The molecule has 0 radical (unpaired) electrons. The van der Waals surface area contributed by atoms with Crippen molar-refractivity contribution in [2.45, 2.75) is 13.5 Å². The van der Waals surface area contributed by atoms with E-state index in [-0.39, 0.29) is 11.7 Å². The van der Waals surface area contributed by atoms with E-state index in [1.54, 1.807) is 24.3 Å². The molecule has 5 nitrogen and oxygen atoms in total. The molecule has 1 saturated heterocycles. The second-order valence-corrected chi connectivity index (χ2v) is 7.75. The maximum Gasteiger partial charge on any atom is 0.238 e. The summed E-state index contributed by atoms with van der Waals surface area (Å²) in [6.45, 7) is 5.81. The van der Waals surface area contributed by atoms with E-state index >= 15 is 0 Å². The van der Waals surface area contributed by atoms with E-state index in [2.05, 4.69) is 15.1 Å². The van der Waals surface area contributed by atoms with Crippen LogP contribution in [0.5, 0.6) is 0 Å². The van der Waals surface area contributed by atoms with Gasteiger partial charge in [-0.1, -0.05) is 41.4 Å². The summed E-state index contributed by atoms with van der Waals surface area (Å²) in [5.74, 6) is -0.103. The van der Waals surface area contributed by atoms with Crippen molar-refractivity contribution in [3.8, 4) is 0 Å². The number of nitrogens with zero attached hydrogens (tertiary/aromatic N) is 2. The molecule has 7 heteroatoms. The molecule has 1 aliphatic heterocycles. The van der Waals surface area contributed by atoms with Gasteiger partial charge >= 0.3 is 0 Å². The van der Waals surface area contributed by atoms with Crippen LogP contribution in [0.25, 0.3) is 0 Å². The lowest BCUT2D eigenvalue weighted by molar-refractivity contribution is -0.117. The summed E-state index contributed by atoms with van der Waals surface area (Å²) in [7, 11) is 0. The lowest BCUT2D eigenvalue weighted by atomic mass is 10.1. The van der Waals surface area contributed by atoms with Gasteiger partial charge < -0.3 is 5.32 Å². The summed E-state index contributed by atoms with van der Waals surface area (Å²) in [5, 5.41) is 4.23. The summed E-state index contributed by atoms with van der Waals surface area (Å²) in [6.07, 6.45) is 0. The molecule has 1 fully saturated rings. The van der Waals surface area contributed by atoms with Crippen LogP contribution < -0.4 is 5.32 Å². The number of carbonyl (C=O) groups excluding carboxylic acids is 2. The van der Waals surface area contributed by atoms with Crippen molar-refractivity contribution in [2.24, 2.45) is 0 Å². The van der Waals surface area contributed by atoms with Gasteiger partial charge in [-0.25, -0.2) is 0 Å². The number of ketones is 1. The van der Waals surface area contributed by atoms with Crippen LogP contribution in [0.3, 0.4) is 0 Å². The Kier molecular flexibility index (Phi) is 7.08. The van der Waals surface area contributed by atoms with E-state index in [1.165, 1.54) is 6.92 Å². The van der Waals surface area contributed by atoms with Gasteiger partial charge in [0.1, 0.15) is 0 Å². The molecule has 3 rings (SSSR count). The van der Waals surface area contributed by atoms with Gasteiger partial charge in [0.25, 0.3) is 0 Å². The first-order valence-corrected chi connectivity index (χ1v) is 9.96. The molecular weight excluding hydrogens is 397 g/mol. The Hall–Kier alpha value is -1.92. The summed E-state index contributed by atoms with van der Waals surface area (Å²) in [6, 6.07) is 12.5. The third kappa shape index (κ3) is 5.55. The third-order valence-electron chi connectivity index (χ3n) is 4.83. The fraction of sp³-hybridized carbons (Fsp3) is 0.333. The van der Waals surface area contributed by atoms with E-state index in [0.717, 1.165) is 31.7 Å². The van der Waals surface area contributed by atoms with E-state index < -0.39 is 0 Å². The SMILES string of the molecule is CC(=O)c1cccc(NC(=O)CN2CCN(Cc3c(Cl)cccc3Cl)CC2)c1. The smallest absolute Gasteiger partial charge is 0.238 e. The molecule has 0 aromatic heterocycles. The molecule has 1 aliphatic rings. The summed E-state index contributed by atoms with van der Waals surface area (Å²) in [4.78, 5) is 28.2. The fourth-order valence-corrected chi connectivity index (χ4v) is 3.75. The number of nitrogens with one attached hydrogen (secondary N) is 1. The molecule has 2 aromatic carbocycles. The van der Waals surface area contributed by atoms with Crippen molar-refractivity contribution >= 4 is 40.6 Å². The minimum Gasteiger partial charge on any atom is -0.325 e. The zero-order valence-electron chi connectivity index (χ0n) is 15.8. The number of benzene rings is 2. The Morgan fingerprint density at radius 2 is 1.57 bits per heavy atom. The number of halogens is 2. The molecule has 28 heavy (non-hydrogen) atoms. The average Bonchev–Trinajstić information content (AvgIpc) is 2.66. The highest BCUT2D eigenvalue weighted by atomic mass is 35.5. The molecule has 0 aliphatic carbocycles. The second-order valence-electron chi connectivity index (χ2n) is 6.94. The Bertz CT molecular complexity index is 844. The highest BCUT2D eigenvalue weighted by Gasteiger charge is 2.20. The van der Waals surface area contributed by atoms with Crippen LogP contribution in [-0.2, 0) is 11.3 Å². The van der Waals surface area contributed by atoms with Crippen LogP contribution in [0.4, 0.5) is 5.69 Å². The van der Waals surface area contributed by atoms with Crippen molar-refractivity contribution in [2.75, 3.05) is 38.0 Å². The van der Waals surface area contributed by atoms with Crippen molar-refractivity contribution in [3.63, 3.8) is 0 Å². The molecule has 1 amide bonds. The zero-order chi connectivity index (χ0) is 20.1. The number of Topliss-reactive ketones (excluding diaryl/α,β-unsaturated/α-hetero) is 1. The quantitative estimate of drug-likeness (QED) is 0.720. The molecule has 0 atom stereocenters. The van der Waals surface area contributed by atoms with E-state index in [4.69, 9.17) is 23.2 Å². The lowest BCUT2D eigenvalue weighted by Crippen LogP contribution is -2.48. The van der Waals surface area contributed by atoms with Crippen molar-refractivity contribution in [1.29, 1.82) is 0 Å². The maximum absolute atomic E-state index is 12.3. The maximum atomic E-state index is 12.3. The molecule has 2 aromatic rings. The molecule has 0 spiro atoms. The second kappa shape index (κ2) is 9.52. The monoisotopic (exact) mass is 419 g/mol. The largest absolute Gasteiger partial charge is 0.325 e. The summed E-state index contributed by atoms with van der Waals surface area (Å²) in [5.41, 5.74) is 2.18. The lowest BCUT2D eigenvalue weighted by Gasteiger charge is -2.34. The van der Waals surface area contributed by atoms with Crippen LogP contribution in [-0.4, -0.2) is 54.2 Å². The molecule has 148 valence electrons. The van der Waals surface area contributed by atoms with Crippen LogP contribution in [0, 0.1) is 0 Å². The van der Waals surface area contributed by atoms with Crippen molar-refractivity contribution < 1.29 is 9.59 Å².